The number of nitrogens with zero attached hydrogens (tertiary/aromatic N) is 2. The lowest BCUT2D eigenvalue weighted by molar-refractivity contribution is -0.123. The van der Waals surface area contributed by atoms with Crippen LogP contribution in [0.25, 0.3) is 0 Å². The number of carbonyl (C=O) groups excluding carboxylic acids is 1. The van der Waals surface area contributed by atoms with E-state index < -0.39 is 0 Å². The van der Waals surface area contributed by atoms with Crippen LogP contribution in [0.4, 0.5) is 0 Å². The molecule has 1 aliphatic heterocycles. The minimum atomic E-state index is -0.219. The van der Waals surface area contributed by atoms with Gasteiger partial charge in [-0.15, -0.1) is 0 Å². The fraction of sp³-hybridized carbons (Fsp3) is 0.900. The molecule has 1 rings (SSSR count). The molecule has 14 heavy (non-hydrogen) atoms. The summed E-state index contributed by atoms with van der Waals surface area (Å²) < 4.78 is 0. The Balaban J connectivity index is 2.39. The second kappa shape index (κ2) is 4.75. The molecule has 82 valence electrons. The monoisotopic (exact) mass is 199 g/mol. The van der Waals surface area contributed by atoms with E-state index in [1.807, 2.05) is 6.92 Å². The number of nitrogens with two attached hydrogens (primary N) is 1. The normalized spacial score (nSPS) is 22.6. The molecule has 0 aromatic rings. The zero-order chi connectivity index (χ0) is 10.7. The minimum absolute atomic E-state index is 0.121. The van der Waals surface area contributed by atoms with Crippen LogP contribution in [0.15, 0.2) is 0 Å². The number of piperazine rings is 1. The molecule has 4 nitrogen and oxygen atoms in total. The van der Waals surface area contributed by atoms with Crippen LogP contribution in [0, 0.1) is 0 Å². The summed E-state index contributed by atoms with van der Waals surface area (Å²) in [5.74, 6) is -0.219. The Bertz CT molecular complexity index is 198. The van der Waals surface area contributed by atoms with E-state index >= 15 is 0 Å². The molecule has 2 N–H and O–H groups in total. The van der Waals surface area contributed by atoms with Gasteiger partial charge in [0.25, 0.3) is 0 Å². The molecule has 0 aliphatic carbocycles. The number of primary amides is 1. The Morgan fingerprint density at radius 2 is 1.50 bits per heavy atom. The molecule has 4 heteroatoms. The fourth-order valence-electron chi connectivity index (χ4n) is 1.82. The van der Waals surface area contributed by atoms with Gasteiger partial charge in [0.15, 0.2) is 0 Å². The maximum Gasteiger partial charge on any atom is 0.234 e. The molecule has 0 aromatic heterocycles. The SMILES string of the molecule is CC(C)N1CCN([C@@H](C)C(N)=O)CC1. The minimum Gasteiger partial charge on any atom is -0.368 e. The van der Waals surface area contributed by atoms with Crippen molar-refractivity contribution in [3.05, 3.63) is 0 Å². The topological polar surface area (TPSA) is 49.6 Å². The van der Waals surface area contributed by atoms with Crippen molar-refractivity contribution >= 4 is 5.91 Å². The van der Waals surface area contributed by atoms with E-state index in [1.54, 1.807) is 0 Å². The third-order valence-corrected chi connectivity index (χ3v) is 3.04. The third-order valence-electron chi connectivity index (χ3n) is 3.04. The van der Waals surface area contributed by atoms with Crippen molar-refractivity contribution < 1.29 is 4.79 Å². The highest BCUT2D eigenvalue weighted by Crippen LogP contribution is 2.08. The molecule has 0 bridgehead atoms. The average molecular weight is 199 g/mol. The predicted octanol–water partition coefficient (Wildman–Crippen LogP) is -0.114. The Hall–Kier alpha value is -0.610. The zero-order valence-corrected chi connectivity index (χ0v) is 9.36. The first-order valence-corrected chi connectivity index (χ1v) is 5.29. The van der Waals surface area contributed by atoms with Crippen molar-refractivity contribution in [3.63, 3.8) is 0 Å². The Kier molecular flexibility index (Phi) is 3.89. The van der Waals surface area contributed by atoms with Gasteiger partial charge < -0.3 is 5.73 Å². The van der Waals surface area contributed by atoms with Crippen molar-refractivity contribution in [3.8, 4) is 0 Å². The summed E-state index contributed by atoms with van der Waals surface area (Å²) in [5.41, 5.74) is 5.27. The van der Waals surface area contributed by atoms with Gasteiger partial charge in [0, 0.05) is 32.2 Å². The highest BCUT2D eigenvalue weighted by molar-refractivity contribution is 5.79. The summed E-state index contributed by atoms with van der Waals surface area (Å²) in [6, 6.07) is 0.477. The van der Waals surface area contributed by atoms with E-state index in [9.17, 15) is 4.79 Å². The van der Waals surface area contributed by atoms with Gasteiger partial charge in [0.05, 0.1) is 6.04 Å². The number of amides is 1. The number of carbonyl (C=O) groups is 1. The van der Waals surface area contributed by atoms with Crippen LogP contribution >= 0.6 is 0 Å². The fourth-order valence-corrected chi connectivity index (χ4v) is 1.82. The van der Waals surface area contributed by atoms with Crippen LogP contribution in [0.1, 0.15) is 20.8 Å². The summed E-state index contributed by atoms with van der Waals surface area (Å²) in [5, 5.41) is 0. The van der Waals surface area contributed by atoms with Gasteiger partial charge in [-0.05, 0) is 20.8 Å². The molecular formula is C10H21N3O. The quantitative estimate of drug-likeness (QED) is 0.690. The van der Waals surface area contributed by atoms with Gasteiger partial charge in [-0.25, -0.2) is 0 Å². The van der Waals surface area contributed by atoms with Crippen LogP contribution in [0.5, 0.6) is 0 Å². The lowest BCUT2D eigenvalue weighted by Crippen LogP contribution is -2.54. The highest BCUT2D eigenvalue weighted by Gasteiger charge is 2.24. The van der Waals surface area contributed by atoms with E-state index in [0.29, 0.717) is 6.04 Å². The van der Waals surface area contributed by atoms with Crippen molar-refractivity contribution in [1.29, 1.82) is 0 Å². The molecular weight excluding hydrogens is 178 g/mol. The summed E-state index contributed by atoms with van der Waals surface area (Å²) in [7, 11) is 0. The van der Waals surface area contributed by atoms with E-state index in [-0.39, 0.29) is 11.9 Å². The van der Waals surface area contributed by atoms with Gasteiger partial charge in [-0.1, -0.05) is 0 Å². The predicted molar refractivity (Wildman–Crippen MR) is 56.9 cm³/mol. The van der Waals surface area contributed by atoms with Gasteiger partial charge in [-0.3, -0.25) is 14.6 Å². The van der Waals surface area contributed by atoms with Crippen molar-refractivity contribution in [2.45, 2.75) is 32.9 Å². The zero-order valence-electron chi connectivity index (χ0n) is 9.36. The summed E-state index contributed by atoms with van der Waals surface area (Å²) in [6.45, 7) is 10.3. The molecule has 0 unspecified atom stereocenters. The van der Waals surface area contributed by atoms with Crippen LogP contribution in [0.3, 0.4) is 0 Å². The van der Waals surface area contributed by atoms with Crippen LogP contribution in [-0.2, 0) is 4.79 Å². The molecule has 1 atom stereocenters. The molecule has 1 aliphatic rings. The lowest BCUT2D eigenvalue weighted by Gasteiger charge is -2.38. The maximum absolute atomic E-state index is 11.0. The van der Waals surface area contributed by atoms with Gasteiger partial charge in [0.1, 0.15) is 0 Å². The standard InChI is InChI=1S/C10H21N3O/c1-8(2)12-4-6-13(7-5-12)9(3)10(11)14/h8-9H,4-7H2,1-3H3,(H2,11,14)/t9-/m0/s1. The van der Waals surface area contributed by atoms with E-state index in [1.165, 1.54) is 0 Å². The summed E-state index contributed by atoms with van der Waals surface area (Å²) in [6.07, 6.45) is 0. The molecule has 0 aromatic carbocycles. The number of hydrogen-bond acceptors (Lipinski definition) is 3. The van der Waals surface area contributed by atoms with Crippen LogP contribution < -0.4 is 5.73 Å². The summed E-state index contributed by atoms with van der Waals surface area (Å²) >= 11 is 0. The molecule has 1 amide bonds. The van der Waals surface area contributed by atoms with Gasteiger partial charge in [-0.2, -0.15) is 0 Å². The summed E-state index contributed by atoms with van der Waals surface area (Å²) in [4.78, 5) is 15.6. The Morgan fingerprint density at radius 1 is 1.07 bits per heavy atom. The van der Waals surface area contributed by atoms with Crippen molar-refractivity contribution in [2.24, 2.45) is 5.73 Å². The van der Waals surface area contributed by atoms with Crippen LogP contribution in [0.2, 0.25) is 0 Å². The Morgan fingerprint density at radius 3 is 1.86 bits per heavy atom. The second-order valence-electron chi connectivity index (χ2n) is 4.24. The highest BCUT2D eigenvalue weighted by atomic mass is 16.1. The van der Waals surface area contributed by atoms with Gasteiger partial charge in [0.2, 0.25) is 5.91 Å². The third kappa shape index (κ3) is 2.69. The van der Waals surface area contributed by atoms with E-state index in [4.69, 9.17) is 5.73 Å². The van der Waals surface area contributed by atoms with Gasteiger partial charge >= 0.3 is 0 Å². The number of hydrogen-bond donors (Lipinski definition) is 1. The average Bonchev–Trinajstić information content (AvgIpc) is 2.16. The Labute approximate surface area is 86.0 Å². The first-order chi connectivity index (χ1) is 6.52. The van der Waals surface area contributed by atoms with Crippen LogP contribution in [-0.4, -0.2) is 54.0 Å². The second-order valence-corrected chi connectivity index (χ2v) is 4.24. The van der Waals surface area contributed by atoms with Crippen molar-refractivity contribution in [1.82, 2.24) is 9.80 Å². The first kappa shape index (κ1) is 11.5. The van der Waals surface area contributed by atoms with E-state index in [0.717, 1.165) is 26.2 Å². The molecule has 0 saturated carbocycles. The molecule has 0 radical (unpaired) electrons. The smallest absolute Gasteiger partial charge is 0.234 e. The molecule has 1 saturated heterocycles. The first-order valence-electron chi connectivity index (χ1n) is 5.29. The molecule has 1 heterocycles. The lowest BCUT2D eigenvalue weighted by atomic mass is 10.2. The molecule has 1 fully saturated rings. The number of rotatable bonds is 3. The maximum atomic E-state index is 11.0. The van der Waals surface area contributed by atoms with Crippen molar-refractivity contribution in [2.75, 3.05) is 26.2 Å². The van der Waals surface area contributed by atoms with E-state index in [2.05, 4.69) is 23.6 Å². The molecule has 0 spiro atoms. The largest absolute Gasteiger partial charge is 0.368 e.